The average molecular weight is 212 g/mol. The van der Waals surface area contributed by atoms with Crippen molar-refractivity contribution in [3.05, 3.63) is 54.1 Å². The molecule has 0 aliphatic carbocycles. The summed E-state index contributed by atoms with van der Waals surface area (Å²) in [6.45, 7) is 3.72. The quantitative estimate of drug-likeness (QED) is 0.714. The Hall–Kier alpha value is -2.09. The van der Waals surface area contributed by atoms with Gasteiger partial charge >= 0.3 is 5.97 Å². The van der Waals surface area contributed by atoms with Gasteiger partial charge in [0.25, 0.3) is 0 Å². The van der Waals surface area contributed by atoms with Gasteiger partial charge in [0.2, 0.25) is 0 Å². The van der Waals surface area contributed by atoms with E-state index in [9.17, 15) is 4.79 Å². The molecule has 2 nitrogen and oxygen atoms in total. The van der Waals surface area contributed by atoms with Crippen LogP contribution in [0.25, 0.3) is 16.8 Å². The molecule has 0 aromatic heterocycles. The van der Waals surface area contributed by atoms with E-state index in [1.54, 1.807) is 12.1 Å². The number of esters is 1. The summed E-state index contributed by atoms with van der Waals surface area (Å²) in [6.07, 6.45) is 1.78. The lowest BCUT2D eigenvalue weighted by Crippen LogP contribution is -2.00. The second-order valence-corrected chi connectivity index (χ2v) is 3.52. The minimum Gasteiger partial charge on any atom is -0.465 e. The lowest BCUT2D eigenvalue weighted by molar-refractivity contribution is 0.0601. The van der Waals surface area contributed by atoms with Crippen LogP contribution in [-0.2, 0) is 4.74 Å². The fraction of sp³-hybridized carbons (Fsp3) is 0.0714. The van der Waals surface area contributed by atoms with Crippen LogP contribution in [0.15, 0.2) is 43.0 Å². The predicted molar refractivity (Wildman–Crippen MR) is 65.4 cm³/mol. The lowest BCUT2D eigenvalue weighted by atomic mass is 10.0. The zero-order chi connectivity index (χ0) is 11.5. The maximum Gasteiger partial charge on any atom is 0.337 e. The van der Waals surface area contributed by atoms with Crippen molar-refractivity contribution in [2.75, 3.05) is 7.11 Å². The highest BCUT2D eigenvalue weighted by Crippen LogP contribution is 2.19. The van der Waals surface area contributed by atoms with E-state index in [4.69, 9.17) is 0 Å². The smallest absolute Gasteiger partial charge is 0.337 e. The number of carbonyl (C=O) groups is 1. The molecular weight excluding hydrogens is 200 g/mol. The summed E-state index contributed by atoms with van der Waals surface area (Å²) in [4.78, 5) is 11.4. The summed E-state index contributed by atoms with van der Waals surface area (Å²) in [5, 5.41) is 2.11. The number of methoxy groups -OCH3 is 1. The van der Waals surface area contributed by atoms with Gasteiger partial charge in [-0.05, 0) is 34.5 Å². The molecule has 80 valence electrons. The Labute approximate surface area is 94.2 Å². The van der Waals surface area contributed by atoms with Gasteiger partial charge in [0.1, 0.15) is 0 Å². The van der Waals surface area contributed by atoms with E-state index in [0.29, 0.717) is 5.56 Å². The standard InChI is InChI=1S/C14H12O2/c1-3-10-4-5-11-6-7-12(14(15)16-2)9-13(11)8-10/h3-9H,1H2,2H3. The van der Waals surface area contributed by atoms with Crippen LogP contribution in [0, 0.1) is 0 Å². The summed E-state index contributed by atoms with van der Waals surface area (Å²) in [6, 6.07) is 11.5. The van der Waals surface area contributed by atoms with Crippen molar-refractivity contribution in [3.8, 4) is 0 Å². The molecule has 0 fully saturated rings. The topological polar surface area (TPSA) is 26.3 Å². The number of benzene rings is 2. The second kappa shape index (κ2) is 4.19. The molecule has 0 amide bonds. The van der Waals surface area contributed by atoms with Gasteiger partial charge in [-0.25, -0.2) is 4.79 Å². The number of carbonyl (C=O) groups excluding carboxylic acids is 1. The first-order valence-electron chi connectivity index (χ1n) is 4.99. The molecule has 2 heteroatoms. The third-order valence-electron chi connectivity index (χ3n) is 2.52. The van der Waals surface area contributed by atoms with Gasteiger partial charge in [0.05, 0.1) is 12.7 Å². The number of hydrogen-bond acceptors (Lipinski definition) is 2. The predicted octanol–water partition coefficient (Wildman–Crippen LogP) is 3.27. The van der Waals surface area contributed by atoms with Crippen molar-refractivity contribution in [3.63, 3.8) is 0 Å². The summed E-state index contributed by atoms with van der Waals surface area (Å²) < 4.78 is 4.68. The molecule has 0 spiro atoms. The second-order valence-electron chi connectivity index (χ2n) is 3.52. The summed E-state index contributed by atoms with van der Waals surface area (Å²) in [7, 11) is 1.38. The van der Waals surface area contributed by atoms with Crippen molar-refractivity contribution >= 4 is 22.8 Å². The van der Waals surface area contributed by atoms with Gasteiger partial charge in [0, 0.05) is 0 Å². The van der Waals surface area contributed by atoms with Crippen LogP contribution in [0.5, 0.6) is 0 Å². The zero-order valence-electron chi connectivity index (χ0n) is 9.07. The Balaban J connectivity index is 2.59. The van der Waals surface area contributed by atoms with Gasteiger partial charge < -0.3 is 4.74 Å². The normalized spacial score (nSPS) is 10.1. The van der Waals surface area contributed by atoms with Gasteiger partial charge in [-0.15, -0.1) is 0 Å². The SMILES string of the molecule is C=Cc1ccc2ccc(C(=O)OC)cc2c1. The molecule has 0 atom stereocenters. The lowest BCUT2D eigenvalue weighted by Gasteiger charge is -2.03. The van der Waals surface area contributed by atoms with Gasteiger partial charge in [-0.3, -0.25) is 0 Å². The third kappa shape index (κ3) is 1.82. The summed E-state index contributed by atoms with van der Waals surface area (Å²) >= 11 is 0. The van der Waals surface area contributed by atoms with Crippen molar-refractivity contribution in [2.24, 2.45) is 0 Å². The van der Waals surface area contributed by atoms with Gasteiger partial charge in [-0.2, -0.15) is 0 Å². The zero-order valence-corrected chi connectivity index (χ0v) is 9.07. The molecule has 0 saturated heterocycles. The summed E-state index contributed by atoms with van der Waals surface area (Å²) in [5.74, 6) is -0.314. The van der Waals surface area contributed by atoms with E-state index in [2.05, 4.69) is 11.3 Å². The molecule has 0 saturated carbocycles. The fourth-order valence-electron chi connectivity index (χ4n) is 1.64. The first-order chi connectivity index (χ1) is 7.74. The Bertz CT molecular complexity index is 556. The van der Waals surface area contributed by atoms with Gasteiger partial charge in [0.15, 0.2) is 0 Å². The highest BCUT2D eigenvalue weighted by Gasteiger charge is 2.05. The fourth-order valence-corrected chi connectivity index (χ4v) is 1.64. The van der Waals surface area contributed by atoms with Crippen LogP contribution in [0.2, 0.25) is 0 Å². The third-order valence-corrected chi connectivity index (χ3v) is 2.52. The van der Waals surface area contributed by atoms with Crippen LogP contribution in [-0.4, -0.2) is 13.1 Å². The van der Waals surface area contributed by atoms with Gasteiger partial charge in [-0.1, -0.05) is 30.9 Å². The highest BCUT2D eigenvalue weighted by molar-refractivity contribution is 5.95. The highest BCUT2D eigenvalue weighted by atomic mass is 16.5. The minimum atomic E-state index is -0.314. The van der Waals surface area contributed by atoms with E-state index in [-0.39, 0.29) is 5.97 Å². The Morgan fingerprint density at radius 3 is 2.62 bits per heavy atom. The van der Waals surface area contributed by atoms with E-state index in [1.165, 1.54) is 7.11 Å². The van der Waals surface area contributed by atoms with Crippen LogP contribution in [0.4, 0.5) is 0 Å². The minimum absolute atomic E-state index is 0.314. The van der Waals surface area contributed by atoms with Crippen molar-refractivity contribution < 1.29 is 9.53 Å². The first kappa shape index (κ1) is 10.4. The van der Waals surface area contributed by atoms with Crippen molar-refractivity contribution in [1.82, 2.24) is 0 Å². The van der Waals surface area contributed by atoms with E-state index in [0.717, 1.165) is 16.3 Å². The molecule has 0 heterocycles. The van der Waals surface area contributed by atoms with Crippen LogP contribution in [0.3, 0.4) is 0 Å². The first-order valence-corrected chi connectivity index (χ1v) is 4.99. The molecule has 0 unspecified atom stereocenters. The van der Waals surface area contributed by atoms with Crippen LogP contribution >= 0.6 is 0 Å². The summed E-state index contributed by atoms with van der Waals surface area (Å²) in [5.41, 5.74) is 1.60. The average Bonchev–Trinajstić information content (AvgIpc) is 2.36. The van der Waals surface area contributed by atoms with E-state index >= 15 is 0 Å². The van der Waals surface area contributed by atoms with Crippen molar-refractivity contribution in [1.29, 1.82) is 0 Å². The molecule has 0 radical (unpaired) electrons. The van der Waals surface area contributed by atoms with Crippen LogP contribution in [0.1, 0.15) is 15.9 Å². The number of fused-ring (bicyclic) bond motifs is 1. The molecular formula is C14H12O2. The number of ether oxygens (including phenoxy) is 1. The molecule has 0 aliphatic heterocycles. The molecule has 0 N–H and O–H groups in total. The Kier molecular flexibility index (Phi) is 2.73. The van der Waals surface area contributed by atoms with Crippen LogP contribution < -0.4 is 0 Å². The Morgan fingerprint density at radius 1 is 1.19 bits per heavy atom. The molecule has 2 rings (SSSR count). The van der Waals surface area contributed by atoms with Crippen molar-refractivity contribution in [2.45, 2.75) is 0 Å². The monoisotopic (exact) mass is 212 g/mol. The Morgan fingerprint density at radius 2 is 1.94 bits per heavy atom. The maximum absolute atomic E-state index is 11.4. The van der Waals surface area contributed by atoms with E-state index in [1.807, 2.05) is 30.3 Å². The molecule has 16 heavy (non-hydrogen) atoms. The molecule has 2 aromatic rings. The number of rotatable bonds is 2. The maximum atomic E-state index is 11.4. The largest absolute Gasteiger partial charge is 0.465 e. The van der Waals surface area contributed by atoms with E-state index < -0.39 is 0 Å². The number of hydrogen-bond donors (Lipinski definition) is 0. The molecule has 0 bridgehead atoms. The molecule has 0 aliphatic rings. The molecule has 2 aromatic carbocycles.